The molecule has 0 saturated carbocycles. The van der Waals surface area contributed by atoms with Gasteiger partial charge in [0.2, 0.25) is 0 Å². The molecule has 1 aliphatic heterocycles. The van der Waals surface area contributed by atoms with Crippen LogP contribution in [0.25, 0.3) is 0 Å². The van der Waals surface area contributed by atoms with Crippen molar-refractivity contribution >= 4 is 12.0 Å². The summed E-state index contributed by atoms with van der Waals surface area (Å²) in [6, 6.07) is -0.360. The molecular formula is C12H22N2O4. The number of carboxylic acids is 1. The molecule has 1 saturated heterocycles. The van der Waals surface area contributed by atoms with Crippen molar-refractivity contribution in [2.24, 2.45) is 0 Å². The van der Waals surface area contributed by atoms with Gasteiger partial charge in [-0.1, -0.05) is 0 Å². The van der Waals surface area contributed by atoms with Crippen molar-refractivity contribution in [3.63, 3.8) is 0 Å². The molecule has 104 valence electrons. The van der Waals surface area contributed by atoms with Crippen LogP contribution in [0.5, 0.6) is 0 Å². The van der Waals surface area contributed by atoms with E-state index in [0.717, 1.165) is 6.42 Å². The molecule has 6 heteroatoms. The standard InChI is InChI=1S/C12H22N2O4/c1-8-12(4,5-6-18-8)14-10(17)13-11(2,3)7-9(15)16/h8H,5-7H2,1-4H3,(H,15,16)(H2,13,14,17). The number of hydrogen-bond donors (Lipinski definition) is 3. The number of aliphatic carboxylic acids is 1. The first kappa shape index (κ1) is 14.8. The Labute approximate surface area is 107 Å². The first-order valence-electron chi connectivity index (χ1n) is 6.08. The van der Waals surface area contributed by atoms with Crippen molar-refractivity contribution in [1.29, 1.82) is 0 Å². The van der Waals surface area contributed by atoms with E-state index in [-0.39, 0.29) is 18.6 Å². The fraction of sp³-hybridized carbons (Fsp3) is 0.833. The quantitative estimate of drug-likeness (QED) is 0.704. The fourth-order valence-corrected chi connectivity index (χ4v) is 2.02. The molecule has 2 unspecified atom stereocenters. The summed E-state index contributed by atoms with van der Waals surface area (Å²) in [5.41, 5.74) is -1.18. The topological polar surface area (TPSA) is 87.7 Å². The molecule has 0 aromatic rings. The van der Waals surface area contributed by atoms with Crippen LogP contribution in [0.2, 0.25) is 0 Å². The largest absolute Gasteiger partial charge is 0.481 e. The highest BCUT2D eigenvalue weighted by Gasteiger charge is 2.39. The molecule has 18 heavy (non-hydrogen) atoms. The third-order valence-electron chi connectivity index (χ3n) is 3.33. The lowest BCUT2D eigenvalue weighted by molar-refractivity contribution is -0.138. The van der Waals surface area contributed by atoms with Crippen molar-refractivity contribution < 1.29 is 19.4 Å². The minimum absolute atomic E-state index is 0.0502. The first-order chi connectivity index (χ1) is 8.15. The van der Waals surface area contributed by atoms with Crippen LogP contribution in [0.4, 0.5) is 4.79 Å². The van der Waals surface area contributed by atoms with Gasteiger partial charge in [-0.15, -0.1) is 0 Å². The summed E-state index contributed by atoms with van der Waals surface area (Å²) in [5.74, 6) is -0.941. The number of rotatable bonds is 4. The van der Waals surface area contributed by atoms with Crippen LogP contribution in [-0.2, 0) is 9.53 Å². The van der Waals surface area contributed by atoms with E-state index >= 15 is 0 Å². The van der Waals surface area contributed by atoms with E-state index in [9.17, 15) is 9.59 Å². The summed E-state index contributed by atoms with van der Waals surface area (Å²) in [6.45, 7) is 7.82. The van der Waals surface area contributed by atoms with E-state index in [2.05, 4.69) is 10.6 Å². The van der Waals surface area contributed by atoms with Gasteiger partial charge in [-0.2, -0.15) is 0 Å². The highest BCUT2D eigenvalue weighted by Crippen LogP contribution is 2.25. The van der Waals surface area contributed by atoms with E-state index in [1.54, 1.807) is 13.8 Å². The molecule has 0 radical (unpaired) electrons. The Morgan fingerprint density at radius 3 is 2.56 bits per heavy atom. The summed E-state index contributed by atoms with van der Waals surface area (Å²) < 4.78 is 5.43. The summed E-state index contributed by atoms with van der Waals surface area (Å²) in [4.78, 5) is 22.5. The van der Waals surface area contributed by atoms with Gasteiger partial charge in [0, 0.05) is 12.1 Å². The highest BCUT2D eigenvalue weighted by molar-refractivity contribution is 5.77. The van der Waals surface area contributed by atoms with E-state index < -0.39 is 17.0 Å². The molecule has 6 nitrogen and oxygen atoms in total. The summed E-state index contributed by atoms with van der Waals surface area (Å²) >= 11 is 0. The average molecular weight is 258 g/mol. The van der Waals surface area contributed by atoms with Crippen LogP contribution in [0.3, 0.4) is 0 Å². The van der Waals surface area contributed by atoms with Gasteiger partial charge in [-0.05, 0) is 34.1 Å². The molecule has 1 aliphatic rings. The zero-order valence-electron chi connectivity index (χ0n) is 11.4. The first-order valence-corrected chi connectivity index (χ1v) is 6.08. The number of hydrogen-bond acceptors (Lipinski definition) is 3. The van der Waals surface area contributed by atoms with Gasteiger partial charge in [0.25, 0.3) is 0 Å². The summed E-state index contributed by atoms with van der Waals surface area (Å²) in [5, 5.41) is 14.3. The van der Waals surface area contributed by atoms with Crippen LogP contribution in [0.15, 0.2) is 0 Å². The van der Waals surface area contributed by atoms with Crippen LogP contribution in [0.1, 0.15) is 40.5 Å². The molecule has 2 amide bonds. The smallest absolute Gasteiger partial charge is 0.315 e. The molecule has 0 spiro atoms. The number of carbonyl (C=O) groups is 2. The van der Waals surface area contributed by atoms with Crippen LogP contribution < -0.4 is 10.6 Å². The number of nitrogens with one attached hydrogen (secondary N) is 2. The fourth-order valence-electron chi connectivity index (χ4n) is 2.02. The third-order valence-corrected chi connectivity index (χ3v) is 3.33. The second kappa shape index (κ2) is 5.14. The predicted molar refractivity (Wildman–Crippen MR) is 66.4 cm³/mol. The maximum Gasteiger partial charge on any atom is 0.315 e. The molecule has 3 N–H and O–H groups in total. The molecule has 1 heterocycles. The molecule has 0 aromatic heterocycles. The molecule has 1 fully saturated rings. The minimum atomic E-state index is -0.941. The summed E-state index contributed by atoms with van der Waals surface area (Å²) in [7, 11) is 0. The maximum atomic E-state index is 11.9. The van der Waals surface area contributed by atoms with Gasteiger partial charge >= 0.3 is 12.0 Å². The lowest BCUT2D eigenvalue weighted by Crippen LogP contribution is -2.58. The number of amides is 2. The SMILES string of the molecule is CC1OCCC1(C)NC(=O)NC(C)(C)CC(=O)O. The average Bonchev–Trinajstić information content (AvgIpc) is 2.42. The van der Waals surface area contributed by atoms with Gasteiger partial charge < -0.3 is 20.5 Å². The second-order valence-electron chi connectivity index (χ2n) is 5.71. The number of urea groups is 1. The third kappa shape index (κ3) is 3.87. The van der Waals surface area contributed by atoms with Gasteiger partial charge in [-0.3, -0.25) is 4.79 Å². The second-order valence-corrected chi connectivity index (χ2v) is 5.71. The zero-order valence-corrected chi connectivity index (χ0v) is 11.4. The normalized spacial score (nSPS) is 27.9. The predicted octanol–water partition coefficient (Wildman–Crippen LogP) is 1.11. The Balaban J connectivity index is 2.53. The zero-order chi connectivity index (χ0) is 14.0. The Morgan fingerprint density at radius 1 is 1.50 bits per heavy atom. The molecule has 0 bridgehead atoms. The van der Waals surface area contributed by atoms with Crippen molar-refractivity contribution in [2.45, 2.75) is 57.7 Å². The highest BCUT2D eigenvalue weighted by atomic mass is 16.5. The van der Waals surface area contributed by atoms with Crippen LogP contribution in [-0.4, -0.2) is 40.9 Å². The number of carbonyl (C=O) groups excluding carboxylic acids is 1. The van der Waals surface area contributed by atoms with Gasteiger partial charge in [0.05, 0.1) is 18.1 Å². The lowest BCUT2D eigenvalue weighted by Gasteiger charge is -2.32. The van der Waals surface area contributed by atoms with Crippen LogP contribution >= 0.6 is 0 Å². The van der Waals surface area contributed by atoms with Gasteiger partial charge in [-0.25, -0.2) is 4.79 Å². The van der Waals surface area contributed by atoms with E-state index in [4.69, 9.17) is 9.84 Å². The Morgan fingerprint density at radius 2 is 2.11 bits per heavy atom. The molecule has 2 atom stereocenters. The molecule has 1 rings (SSSR count). The van der Waals surface area contributed by atoms with E-state index in [1.807, 2.05) is 13.8 Å². The van der Waals surface area contributed by atoms with Crippen molar-refractivity contribution in [2.75, 3.05) is 6.61 Å². The Bertz CT molecular complexity index is 343. The lowest BCUT2D eigenvalue weighted by atomic mass is 9.95. The van der Waals surface area contributed by atoms with Crippen molar-refractivity contribution in [3.8, 4) is 0 Å². The summed E-state index contributed by atoms with van der Waals surface area (Å²) in [6.07, 6.45) is 0.579. The Kier molecular flexibility index (Phi) is 4.21. The van der Waals surface area contributed by atoms with Crippen LogP contribution in [0, 0.1) is 0 Å². The van der Waals surface area contributed by atoms with Crippen molar-refractivity contribution in [3.05, 3.63) is 0 Å². The monoisotopic (exact) mass is 258 g/mol. The number of ether oxygens (including phenoxy) is 1. The van der Waals surface area contributed by atoms with E-state index in [0.29, 0.717) is 6.61 Å². The Hall–Kier alpha value is -1.30. The van der Waals surface area contributed by atoms with Gasteiger partial charge in [0.1, 0.15) is 0 Å². The molecular weight excluding hydrogens is 236 g/mol. The molecule has 0 aliphatic carbocycles. The van der Waals surface area contributed by atoms with E-state index in [1.165, 1.54) is 0 Å². The molecule has 0 aromatic carbocycles. The number of carboxylic acid groups (broad SMARTS) is 1. The maximum absolute atomic E-state index is 11.9. The van der Waals surface area contributed by atoms with Crippen molar-refractivity contribution in [1.82, 2.24) is 10.6 Å². The minimum Gasteiger partial charge on any atom is -0.481 e. The van der Waals surface area contributed by atoms with Gasteiger partial charge in [0.15, 0.2) is 0 Å².